The molecule has 1 fully saturated rings. The van der Waals surface area contributed by atoms with Gasteiger partial charge in [-0.1, -0.05) is 35.5 Å². The van der Waals surface area contributed by atoms with Crippen molar-refractivity contribution in [1.82, 2.24) is 19.8 Å². The zero-order valence-corrected chi connectivity index (χ0v) is 25.0. The summed E-state index contributed by atoms with van der Waals surface area (Å²) in [5.74, 6) is 4.03. The maximum Gasteiger partial charge on any atom is 0.233 e. The second-order valence-corrected chi connectivity index (χ2v) is 11.2. The molecule has 0 N–H and O–H groups in total. The minimum absolute atomic E-state index is 0.0738. The number of methoxy groups -OCH3 is 2. The Morgan fingerprint density at radius 3 is 2.51 bits per heavy atom. The van der Waals surface area contributed by atoms with Crippen LogP contribution in [0.5, 0.6) is 23.0 Å². The van der Waals surface area contributed by atoms with Crippen molar-refractivity contribution in [2.45, 2.75) is 18.1 Å². The van der Waals surface area contributed by atoms with Crippen LogP contribution < -0.4 is 23.8 Å². The van der Waals surface area contributed by atoms with Crippen LogP contribution in [0.4, 0.5) is 5.82 Å². The first-order chi connectivity index (χ1) is 19.9. The first-order valence-corrected chi connectivity index (χ1v) is 14.8. The van der Waals surface area contributed by atoms with E-state index in [1.54, 1.807) is 20.3 Å². The summed E-state index contributed by atoms with van der Waals surface area (Å²) >= 11 is 7.64. The van der Waals surface area contributed by atoms with E-state index in [9.17, 15) is 4.79 Å². The fourth-order valence-corrected chi connectivity index (χ4v) is 5.75. The van der Waals surface area contributed by atoms with E-state index in [2.05, 4.69) is 20.9 Å². The molecule has 0 bridgehead atoms. The molecule has 218 valence electrons. The highest BCUT2D eigenvalue weighted by Crippen LogP contribution is 2.33. The van der Waals surface area contributed by atoms with Crippen LogP contribution in [0.3, 0.4) is 0 Å². The normalized spacial score (nSPS) is 14.7. The van der Waals surface area contributed by atoms with Crippen molar-refractivity contribution in [2.24, 2.45) is 0 Å². The number of piperazine rings is 1. The number of amides is 1. The number of carbonyl (C=O) groups excluding carboxylic acids is 1. The minimum atomic E-state index is 0.0738. The number of ether oxygens (including phenoxy) is 4. The standard InChI is InChI=1S/C29H34ClN5O5S/c1-33(9-8-20-4-6-22(37-2)24(14-20)38-3)27-16-26(30)31-29(32-27)41-18-28(36)35-12-10-34(11-13-35)17-21-5-7-23-25(15-21)40-19-39-23/h4-7,14-16H,8-13,17-19H2,1-3H3. The van der Waals surface area contributed by atoms with Crippen LogP contribution in [0.1, 0.15) is 11.1 Å². The number of carbonyl (C=O) groups is 1. The van der Waals surface area contributed by atoms with E-state index >= 15 is 0 Å². The molecule has 10 nitrogen and oxygen atoms in total. The maximum atomic E-state index is 13.0. The molecule has 2 aromatic carbocycles. The third kappa shape index (κ3) is 7.46. The zero-order chi connectivity index (χ0) is 28.8. The third-order valence-electron chi connectivity index (χ3n) is 7.13. The van der Waals surface area contributed by atoms with Gasteiger partial charge in [-0.2, -0.15) is 0 Å². The van der Waals surface area contributed by atoms with Gasteiger partial charge in [-0.3, -0.25) is 9.69 Å². The van der Waals surface area contributed by atoms with E-state index in [-0.39, 0.29) is 18.5 Å². The smallest absolute Gasteiger partial charge is 0.233 e. The summed E-state index contributed by atoms with van der Waals surface area (Å²) in [4.78, 5) is 28.2. The van der Waals surface area contributed by atoms with E-state index in [1.807, 2.05) is 47.2 Å². The number of halogens is 1. The average molecular weight is 600 g/mol. The van der Waals surface area contributed by atoms with Crippen LogP contribution in [0, 0.1) is 0 Å². The van der Waals surface area contributed by atoms with Gasteiger partial charge in [-0.05, 0) is 41.8 Å². The number of hydrogen-bond acceptors (Lipinski definition) is 10. The van der Waals surface area contributed by atoms with Crippen molar-refractivity contribution in [1.29, 1.82) is 0 Å². The highest BCUT2D eigenvalue weighted by atomic mass is 35.5. The molecule has 5 rings (SSSR count). The monoisotopic (exact) mass is 599 g/mol. The number of likely N-dealkylation sites (N-methyl/N-ethyl adjacent to an activating group) is 1. The van der Waals surface area contributed by atoms with Gasteiger partial charge in [0, 0.05) is 52.4 Å². The molecule has 41 heavy (non-hydrogen) atoms. The molecular weight excluding hydrogens is 566 g/mol. The Balaban J connectivity index is 1.09. The predicted octanol–water partition coefficient (Wildman–Crippen LogP) is 3.99. The summed E-state index contributed by atoms with van der Waals surface area (Å²) in [6.07, 6.45) is 0.778. The van der Waals surface area contributed by atoms with Crippen LogP contribution in [-0.2, 0) is 17.8 Å². The van der Waals surface area contributed by atoms with Crippen molar-refractivity contribution >= 4 is 35.1 Å². The van der Waals surface area contributed by atoms with Gasteiger partial charge < -0.3 is 28.7 Å². The highest BCUT2D eigenvalue weighted by molar-refractivity contribution is 7.99. The number of benzene rings is 2. The third-order valence-corrected chi connectivity index (χ3v) is 8.15. The minimum Gasteiger partial charge on any atom is -0.493 e. The van der Waals surface area contributed by atoms with E-state index in [0.29, 0.717) is 47.3 Å². The van der Waals surface area contributed by atoms with E-state index in [0.717, 1.165) is 43.1 Å². The lowest BCUT2D eigenvalue weighted by atomic mass is 10.1. The number of hydrogen-bond donors (Lipinski definition) is 0. The summed E-state index contributed by atoms with van der Waals surface area (Å²) in [6.45, 7) is 4.79. The second kappa shape index (κ2) is 13.5. The van der Waals surface area contributed by atoms with Gasteiger partial charge in [0.2, 0.25) is 12.7 Å². The largest absolute Gasteiger partial charge is 0.493 e. The van der Waals surface area contributed by atoms with Gasteiger partial charge in [-0.15, -0.1) is 0 Å². The molecule has 1 saturated heterocycles. The lowest BCUT2D eigenvalue weighted by Gasteiger charge is -2.34. The molecule has 2 aliphatic rings. The molecule has 2 aliphatic heterocycles. The molecule has 0 aliphatic carbocycles. The molecule has 0 spiro atoms. The fourth-order valence-electron chi connectivity index (χ4n) is 4.76. The molecule has 0 atom stereocenters. The van der Waals surface area contributed by atoms with Gasteiger partial charge >= 0.3 is 0 Å². The number of anilines is 1. The van der Waals surface area contributed by atoms with Crippen molar-refractivity contribution in [3.8, 4) is 23.0 Å². The first kappa shape index (κ1) is 29.1. The molecule has 12 heteroatoms. The molecule has 0 saturated carbocycles. The number of fused-ring (bicyclic) bond motifs is 1. The number of nitrogens with zero attached hydrogens (tertiary/aromatic N) is 5. The Morgan fingerprint density at radius 1 is 0.976 bits per heavy atom. The number of thioether (sulfide) groups is 1. The van der Waals surface area contributed by atoms with Crippen LogP contribution in [0.15, 0.2) is 47.6 Å². The van der Waals surface area contributed by atoms with Crippen molar-refractivity contribution in [3.63, 3.8) is 0 Å². The van der Waals surface area contributed by atoms with Crippen LogP contribution in [0.25, 0.3) is 0 Å². The lowest BCUT2D eigenvalue weighted by molar-refractivity contribution is -0.130. The molecule has 3 aromatic rings. The van der Waals surface area contributed by atoms with Crippen molar-refractivity contribution in [3.05, 3.63) is 58.7 Å². The van der Waals surface area contributed by atoms with Crippen molar-refractivity contribution in [2.75, 3.05) is 71.4 Å². The van der Waals surface area contributed by atoms with Crippen LogP contribution >= 0.6 is 23.4 Å². The van der Waals surface area contributed by atoms with Gasteiger partial charge in [0.05, 0.1) is 20.0 Å². The SMILES string of the molecule is COc1ccc(CCN(C)c2cc(Cl)nc(SCC(=O)N3CCN(Cc4ccc5c(c4)OCO5)CC3)n2)cc1OC. The van der Waals surface area contributed by atoms with E-state index < -0.39 is 0 Å². The van der Waals surface area contributed by atoms with Crippen molar-refractivity contribution < 1.29 is 23.7 Å². The van der Waals surface area contributed by atoms with Gasteiger partial charge in [0.25, 0.3) is 0 Å². The van der Waals surface area contributed by atoms with Crippen LogP contribution in [0.2, 0.25) is 5.15 Å². The quantitative estimate of drug-likeness (QED) is 0.183. The topological polar surface area (TPSA) is 89.5 Å². The summed E-state index contributed by atoms with van der Waals surface area (Å²) in [5, 5.41) is 0.834. The maximum absolute atomic E-state index is 13.0. The molecule has 0 radical (unpaired) electrons. The van der Waals surface area contributed by atoms with Gasteiger partial charge in [0.15, 0.2) is 28.2 Å². The number of aromatic nitrogens is 2. The molecule has 0 unspecified atom stereocenters. The van der Waals surface area contributed by atoms with Crippen LogP contribution in [-0.4, -0.2) is 92.2 Å². The summed E-state index contributed by atoms with van der Waals surface area (Å²) < 4.78 is 21.6. The Labute approximate surface area is 249 Å². The van der Waals surface area contributed by atoms with Gasteiger partial charge in [-0.25, -0.2) is 9.97 Å². The Hall–Kier alpha value is -3.41. The first-order valence-electron chi connectivity index (χ1n) is 13.4. The zero-order valence-electron chi connectivity index (χ0n) is 23.5. The molecule has 1 amide bonds. The van der Waals surface area contributed by atoms with E-state index in [4.69, 9.17) is 30.5 Å². The summed E-state index contributed by atoms with van der Waals surface area (Å²) in [7, 11) is 5.21. The average Bonchev–Trinajstić information content (AvgIpc) is 3.46. The van der Waals surface area contributed by atoms with E-state index in [1.165, 1.54) is 17.3 Å². The fraction of sp³-hybridized carbons (Fsp3) is 0.414. The van der Waals surface area contributed by atoms with Gasteiger partial charge in [0.1, 0.15) is 11.0 Å². The predicted molar refractivity (Wildman–Crippen MR) is 159 cm³/mol. The summed E-state index contributed by atoms with van der Waals surface area (Å²) in [6, 6.07) is 13.7. The lowest BCUT2D eigenvalue weighted by Crippen LogP contribution is -2.48. The highest BCUT2D eigenvalue weighted by Gasteiger charge is 2.23. The molecular formula is C29H34ClN5O5S. The Bertz CT molecular complexity index is 1370. The molecule has 1 aromatic heterocycles. The molecule has 3 heterocycles. The Morgan fingerprint density at radius 2 is 1.73 bits per heavy atom. The second-order valence-electron chi connectivity index (χ2n) is 9.83. The summed E-state index contributed by atoms with van der Waals surface area (Å²) in [5.41, 5.74) is 2.29. The number of rotatable bonds is 11. The Kier molecular flexibility index (Phi) is 9.58.